The molecule has 1 aliphatic rings. The van der Waals surface area contributed by atoms with Crippen LogP contribution < -0.4 is 4.74 Å². The summed E-state index contributed by atoms with van der Waals surface area (Å²) >= 11 is 5.94. The van der Waals surface area contributed by atoms with Crippen molar-refractivity contribution in [1.82, 2.24) is 4.90 Å². The molecule has 1 N–H and O–H groups in total. The van der Waals surface area contributed by atoms with E-state index in [1.807, 2.05) is 19.1 Å². The molecule has 1 aliphatic heterocycles. The number of rotatable bonds is 8. The van der Waals surface area contributed by atoms with E-state index in [1.165, 1.54) is 12.0 Å². The number of hydrogen-bond donors (Lipinski definition) is 1. The molecular weight excluding hydrogens is 406 g/mol. The van der Waals surface area contributed by atoms with E-state index >= 15 is 0 Å². The lowest BCUT2D eigenvalue weighted by Crippen LogP contribution is -2.32. The molecule has 1 amide bonds. The largest absolute Gasteiger partial charge is 0.507 e. The predicted octanol–water partition coefficient (Wildman–Crippen LogP) is 4.20. The van der Waals surface area contributed by atoms with Crippen molar-refractivity contribution in [2.45, 2.75) is 19.4 Å². The van der Waals surface area contributed by atoms with Crippen LogP contribution in [0.5, 0.6) is 5.75 Å². The second kappa shape index (κ2) is 9.78. The maximum atomic E-state index is 12.9. The number of carbonyl (C=O) groups is 2. The summed E-state index contributed by atoms with van der Waals surface area (Å²) in [4.78, 5) is 27.1. The maximum absolute atomic E-state index is 12.9. The number of aliphatic hydroxyl groups excluding tert-OH is 1. The second-order valence-electron chi connectivity index (χ2n) is 6.91. The Morgan fingerprint density at radius 2 is 1.87 bits per heavy atom. The van der Waals surface area contributed by atoms with E-state index in [0.29, 0.717) is 28.5 Å². The first-order valence-electron chi connectivity index (χ1n) is 9.74. The first-order chi connectivity index (χ1) is 14.5. The van der Waals surface area contributed by atoms with Crippen LogP contribution in [0.2, 0.25) is 5.02 Å². The molecule has 0 aromatic heterocycles. The Balaban J connectivity index is 2.11. The number of ether oxygens (including phenoxy) is 2. The first-order valence-corrected chi connectivity index (χ1v) is 10.1. The highest BCUT2D eigenvalue weighted by Crippen LogP contribution is 2.40. The van der Waals surface area contributed by atoms with E-state index in [-0.39, 0.29) is 24.5 Å². The standard InChI is InChI=1S/C23H24ClNO5/c1-3-12-30-18-6-4-5-16(14-18)20-19(21(26)15-7-9-17(24)10-8-15)22(27)23(28)25(20)11-13-29-2/h4-10,14,20,26H,3,11-13H2,1-2H3/b21-19-. The van der Waals surface area contributed by atoms with Crippen molar-refractivity contribution < 1.29 is 24.2 Å². The number of halogens is 1. The summed E-state index contributed by atoms with van der Waals surface area (Å²) < 4.78 is 10.8. The van der Waals surface area contributed by atoms with Gasteiger partial charge >= 0.3 is 0 Å². The SMILES string of the molecule is CCCOc1cccc(C2/C(=C(/O)c3ccc(Cl)cc3)C(=O)C(=O)N2CCOC)c1. The third-order valence-corrected chi connectivity index (χ3v) is 5.09. The molecule has 0 bridgehead atoms. The maximum Gasteiger partial charge on any atom is 0.295 e. The van der Waals surface area contributed by atoms with Gasteiger partial charge in [-0.25, -0.2) is 0 Å². The number of likely N-dealkylation sites (tertiary alicyclic amines) is 1. The van der Waals surface area contributed by atoms with Crippen molar-refractivity contribution in [3.8, 4) is 5.75 Å². The van der Waals surface area contributed by atoms with E-state index in [1.54, 1.807) is 36.4 Å². The van der Waals surface area contributed by atoms with E-state index in [9.17, 15) is 14.7 Å². The van der Waals surface area contributed by atoms with Crippen molar-refractivity contribution in [3.05, 3.63) is 70.3 Å². The van der Waals surface area contributed by atoms with Crippen LogP contribution >= 0.6 is 11.6 Å². The smallest absolute Gasteiger partial charge is 0.295 e. The van der Waals surface area contributed by atoms with E-state index < -0.39 is 17.7 Å². The molecule has 158 valence electrons. The van der Waals surface area contributed by atoms with Gasteiger partial charge in [0.2, 0.25) is 0 Å². The van der Waals surface area contributed by atoms with E-state index in [4.69, 9.17) is 21.1 Å². The molecule has 0 radical (unpaired) electrons. The summed E-state index contributed by atoms with van der Waals surface area (Å²) in [5, 5.41) is 11.5. The number of aliphatic hydroxyl groups is 1. The van der Waals surface area contributed by atoms with Gasteiger partial charge in [-0.05, 0) is 48.4 Å². The van der Waals surface area contributed by atoms with Crippen LogP contribution in [-0.2, 0) is 14.3 Å². The monoisotopic (exact) mass is 429 g/mol. The van der Waals surface area contributed by atoms with Gasteiger partial charge in [0, 0.05) is 24.2 Å². The summed E-state index contributed by atoms with van der Waals surface area (Å²) in [6.07, 6.45) is 0.854. The van der Waals surface area contributed by atoms with Gasteiger partial charge in [0.05, 0.1) is 24.8 Å². The second-order valence-corrected chi connectivity index (χ2v) is 7.35. The first kappa shape index (κ1) is 21.9. The fourth-order valence-corrected chi connectivity index (χ4v) is 3.53. The minimum atomic E-state index is -0.749. The zero-order valence-corrected chi connectivity index (χ0v) is 17.7. The van der Waals surface area contributed by atoms with Crippen molar-refractivity contribution in [3.63, 3.8) is 0 Å². The minimum absolute atomic E-state index is 0.0334. The number of carbonyl (C=O) groups excluding carboxylic acids is 2. The van der Waals surface area contributed by atoms with Gasteiger partial charge < -0.3 is 19.5 Å². The topological polar surface area (TPSA) is 76.1 Å². The van der Waals surface area contributed by atoms with Gasteiger partial charge in [0.15, 0.2) is 0 Å². The third-order valence-electron chi connectivity index (χ3n) is 4.84. The van der Waals surface area contributed by atoms with Gasteiger partial charge in [-0.1, -0.05) is 30.7 Å². The summed E-state index contributed by atoms with van der Waals surface area (Å²) in [5.41, 5.74) is 1.12. The van der Waals surface area contributed by atoms with Crippen LogP contribution in [0.1, 0.15) is 30.5 Å². The molecule has 1 unspecified atom stereocenters. The van der Waals surface area contributed by atoms with Crippen LogP contribution in [0.15, 0.2) is 54.1 Å². The van der Waals surface area contributed by atoms with Crippen LogP contribution in [0.3, 0.4) is 0 Å². The third kappa shape index (κ3) is 4.50. The van der Waals surface area contributed by atoms with Crippen LogP contribution in [0, 0.1) is 0 Å². The zero-order chi connectivity index (χ0) is 21.7. The lowest BCUT2D eigenvalue weighted by molar-refractivity contribution is -0.140. The van der Waals surface area contributed by atoms with Crippen molar-refractivity contribution in [2.24, 2.45) is 0 Å². The number of Topliss-reactive ketones (excluding diaryl/α,β-unsaturated/α-hetero) is 1. The van der Waals surface area contributed by atoms with Crippen LogP contribution in [0.25, 0.3) is 5.76 Å². The fourth-order valence-electron chi connectivity index (χ4n) is 3.40. The molecule has 0 spiro atoms. The van der Waals surface area contributed by atoms with Crippen molar-refractivity contribution in [2.75, 3.05) is 26.9 Å². The highest BCUT2D eigenvalue weighted by atomic mass is 35.5. The van der Waals surface area contributed by atoms with Crippen LogP contribution in [0.4, 0.5) is 0 Å². The lowest BCUT2D eigenvalue weighted by atomic mass is 9.95. The Morgan fingerprint density at radius 1 is 1.13 bits per heavy atom. The van der Waals surface area contributed by atoms with Gasteiger partial charge in [-0.3, -0.25) is 9.59 Å². The summed E-state index contributed by atoms with van der Waals surface area (Å²) in [7, 11) is 1.53. The summed E-state index contributed by atoms with van der Waals surface area (Å²) in [6.45, 7) is 3.04. The Morgan fingerprint density at radius 3 is 2.53 bits per heavy atom. The molecule has 30 heavy (non-hydrogen) atoms. The highest BCUT2D eigenvalue weighted by molar-refractivity contribution is 6.46. The molecule has 1 fully saturated rings. The molecule has 1 saturated heterocycles. The Labute approximate surface area is 180 Å². The Hall–Kier alpha value is -2.83. The summed E-state index contributed by atoms with van der Waals surface area (Å²) in [5.74, 6) is -1.01. The molecule has 3 rings (SSSR count). The molecule has 7 heteroatoms. The van der Waals surface area contributed by atoms with E-state index in [0.717, 1.165) is 6.42 Å². The number of methoxy groups -OCH3 is 1. The Kier molecular flexibility index (Phi) is 7.13. The molecular formula is C23H24ClNO5. The number of benzene rings is 2. The lowest BCUT2D eigenvalue weighted by Gasteiger charge is -2.25. The summed E-state index contributed by atoms with van der Waals surface area (Å²) in [6, 6.07) is 12.9. The molecule has 2 aromatic rings. The fraction of sp³-hybridized carbons (Fsp3) is 0.304. The van der Waals surface area contributed by atoms with Crippen molar-refractivity contribution >= 4 is 29.1 Å². The molecule has 0 saturated carbocycles. The van der Waals surface area contributed by atoms with E-state index in [2.05, 4.69) is 0 Å². The molecule has 2 aromatic carbocycles. The molecule has 1 atom stereocenters. The number of hydrogen-bond acceptors (Lipinski definition) is 5. The van der Waals surface area contributed by atoms with Gasteiger partial charge in [0.25, 0.3) is 11.7 Å². The minimum Gasteiger partial charge on any atom is -0.507 e. The average molecular weight is 430 g/mol. The zero-order valence-electron chi connectivity index (χ0n) is 16.9. The number of nitrogens with zero attached hydrogens (tertiary/aromatic N) is 1. The quantitative estimate of drug-likeness (QED) is 0.386. The van der Waals surface area contributed by atoms with Gasteiger partial charge in [-0.2, -0.15) is 0 Å². The highest BCUT2D eigenvalue weighted by Gasteiger charge is 2.45. The number of amides is 1. The van der Waals surface area contributed by atoms with Crippen LogP contribution in [-0.4, -0.2) is 48.6 Å². The van der Waals surface area contributed by atoms with Gasteiger partial charge in [0.1, 0.15) is 11.5 Å². The molecule has 0 aliphatic carbocycles. The number of ketones is 1. The Bertz CT molecular complexity index is 954. The van der Waals surface area contributed by atoms with Crippen molar-refractivity contribution in [1.29, 1.82) is 0 Å². The predicted molar refractivity (Wildman–Crippen MR) is 115 cm³/mol. The molecule has 6 nitrogen and oxygen atoms in total. The average Bonchev–Trinajstić information content (AvgIpc) is 3.01. The molecule has 1 heterocycles. The normalized spacial score (nSPS) is 18.1. The van der Waals surface area contributed by atoms with Gasteiger partial charge in [-0.15, -0.1) is 0 Å².